The van der Waals surface area contributed by atoms with Gasteiger partial charge >= 0.3 is 12.1 Å². The molecular formula is C18H23NO5. The minimum absolute atomic E-state index is 0.0360. The van der Waals surface area contributed by atoms with Crippen molar-refractivity contribution in [3.05, 3.63) is 29.8 Å². The van der Waals surface area contributed by atoms with Crippen molar-refractivity contribution in [2.75, 3.05) is 0 Å². The van der Waals surface area contributed by atoms with Gasteiger partial charge in [0.15, 0.2) is 5.78 Å². The highest BCUT2D eigenvalue weighted by Crippen LogP contribution is 2.19. The van der Waals surface area contributed by atoms with Gasteiger partial charge in [0, 0.05) is 24.4 Å². The number of hydrogen-bond donors (Lipinski definition) is 2. The maximum Gasteiger partial charge on any atom is 0.412 e. The van der Waals surface area contributed by atoms with E-state index < -0.39 is 12.1 Å². The van der Waals surface area contributed by atoms with Crippen LogP contribution in [0.5, 0.6) is 5.75 Å². The fourth-order valence-corrected chi connectivity index (χ4v) is 2.83. The third-order valence-corrected chi connectivity index (χ3v) is 4.09. The van der Waals surface area contributed by atoms with Crippen molar-refractivity contribution in [3.63, 3.8) is 0 Å². The van der Waals surface area contributed by atoms with E-state index in [1.54, 1.807) is 18.2 Å². The molecule has 0 heterocycles. The Kier molecular flexibility index (Phi) is 6.78. The quantitative estimate of drug-likeness (QED) is 0.744. The lowest BCUT2D eigenvalue weighted by atomic mass is 9.96. The topological polar surface area (TPSA) is 92.7 Å². The van der Waals surface area contributed by atoms with Crippen LogP contribution in [-0.2, 0) is 4.79 Å². The number of carboxylic acid groups (broad SMARTS) is 1. The number of amides is 1. The Morgan fingerprint density at radius 2 is 1.88 bits per heavy atom. The normalized spacial score (nSPS) is 14.8. The second-order valence-corrected chi connectivity index (χ2v) is 6.07. The Morgan fingerprint density at radius 3 is 2.58 bits per heavy atom. The summed E-state index contributed by atoms with van der Waals surface area (Å²) < 4.78 is 5.25. The molecule has 0 spiro atoms. The Bertz CT molecular complexity index is 593. The molecule has 2 rings (SSSR count). The van der Waals surface area contributed by atoms with Crippen LogP contribution in [-0.4, -0.2) is 29.0 Å². The summed E-state index contributed by atoms with van der Waals surface area (Å²) >= 11 is 0. The third kappa shape index (κ3) is 6.02. The van der Waals surface area contributed by atoms with Gasteiger partial charge in [-0.2, -0.15) is 0 Å². The summed E-state index contributed by atoms with van der Waals surface area (Å²) in [4.78, 5) is 34.4. The molecule has 1 saturated carbocycles. The molecule has 0 unspecified atom stereocenters. The Labute approximate surface area is 141 Å². The van der Waals surface area contributed by atoms with Crippen LogP contribution in [0.15, 0.2) is 24.3 Å². The van der Waals surface area contributed by atoms with E-state index in [1.165, 1.54) is 12.5 Å². The van der Waals surface area contributed by atoms with E-state index in [4.69, 9.17) is 9.84 Å². The third-order valence-electron chi connectivity index (χ3n) is 4.09. The molecule has 1 fully saturated rings. The zero-order valence-electron chi connectivity index (χ0n) is 13.6. The minimum Gasteiger partial charge on any atom is -0.481 e. The van der Waals surface area contributed by atoms with Crippen LogP contribution in [0.25, 0.3) is 0 Å². The van der Waals surface area contributed by atoms with Crippen LogP contribution < -0.4 is 10.1 Å². The van der Waals surface area contributed by atoms with Crippen molar-refractivity contribution in [2.45, 2.75) is 57.4 Å². The van der Waals surface area contributed by atoms with Crippen molar-refractivity contribution in [1.82, 2.24) is 5.32 Å². The van der Waals surface area contributed by atoms with E-state index in [0.29, 0.717) is 17.7 Å². The van der Waals surface area contributed by atoms with Gasteiger partial charge in [-0.15, -0.1) is 0 Å². The molecule has 130 valence electrons. The van der Waals surface area contributed by atoms with Crippen molar-refractivity contribution in [2.24, 2.45) is 0 Å². The lowest BCUT2D eigenvalue weighted by Gasteiger charge is -2.22. The van der Waals surface area contributed by atoms with Crippen molar-refractivity contribution >= 4 is 17.8 Å². The molecule has 0 saturated heterocycles. The van der Waals surface area contributed by atoms with Gasteiger partial charge < -0.3 is 15.2 Å². The van der Waals surface area contributed by atoms with Crippen LogP contribution in [0.1, 0.15) is 61.7 Å². The average molecular weight is 333 g/mol. The standard InChI is InChI=1S/C18H23NO5/c20-16(10-5-11-17(21)22)13-6-4-9-15(12-13)24-18(23)19-14-7-2-1-3-8-14/h4,6,9,12,14H,1-3,5,7-8,10-11H2,(H,19,23)(H,21,22). The summed E-state index contributed by atoms with van der Waals surface area (Å²) in [6.45, 7) is 0. The fourth-order valence-electron chi connectivity index (χ4n) is 2.83. The van der Waals surface area contributed by atoms with Gasteiger partial charge in [-0.3, -0.25) is 9.59 Å². The number of ketones is 1. The monoisotopic (exact) mass is 333 g/mol. The summed E-state index contributed by atoms with van der Waals surface area (Å²) in [5, 5.41) is 11.5. The summed E-state index contributed by atoms with van der Waals surface area (Å²) in [5.74, 6) is -0.763. The largest absolute Gasteiger partial charge is 0.481 e. The van der Waals surface area contributed by atoms with Crippen molar-refractivity contribution in [3.8, 4) is 5.75 Å². The minimum atomic E-state index is -0.917. The number of carboxylic acids is 1. The highest BCUT2D eigenvalue weighted by atomic mass is 16.6. The average Bonchev–Trinajstić information content (AvgIpc) is 2.55. The number of carbonyl (C=O) groups is 3. The molecule has 1 aromatic carbocycles. The smallest absolute Gasteiger partial charge is 0.412 e. The molecule has 0 atom stereocenters. The second kappa shape index (κ2) is 9.05. The van der Waals surface area contributed by atoms with Crippen LogP contribution in [0.4, 0.5) is 4.79 Å². The first kappa shape index (κ1) is 18.0. The molecule has 1 aliphatic carbocycles. The molecule has 1 amide bonds. The van der Waals surface area contributed by atoms with E-state index in [0.717, 1.165) is 25.7 Å². The maximum absolute atomic E-state index is 12.0. The molecular weight excluding hydrogens is 310 g/mol. The molecule has 2 N–H and O–H groups in total. The second-order valence-electron chi connectivity index (χ2n) is 6.07. The number of hydrogen-bond acceptors (Lipinski definition) is 4. The number of Topliss-reactive ketones (excluding diaryl/α,β-unsaturated/α-hetero) is 1. The van der Waals surface area contributed by atoms with Gasteiger partial charge in [-0.1, -0.05) is 31.4 Å². The summed E-state index contributed by atoms with van der Waals surface area (Å²) in [7, 11) is 0. The van der Waals surface area contributed by atoms with Gasteiger partial charge in [0.05, 0.1) is 0 Å². The zero-order chi connectivity index (χ0) is 17.4. The van der Waals surface area contributed by atoms with Crippen molar-refractivity contribution < 1.29 is 24.2 Å². The zero-order valence-corrected chi connectivity index (χ0v) is 13.6. The SMILES string of the molecule is O=C(O)CCCC(=O)c1cccc(OC(=O)NC2CCCCC2)c1. The van der Waals surface area contributed by atoms with Crippen LogP contribution in [0, 0.1) is 0 Å². The predicted octanol–water partition coefficient (Wildman–Crippen LogP) is 3.55. The van der Waals surface area contributed by atoms with Crippen LogP contribution in [0.2, 0.25) is 0 Å². The molecule has 6 heteroatoms. The van der Waals surface area contributed by atoms with Gasteiger partial charge in [0.25, 0.3) is 0 Å². The number of aliphatic carboxylic acids is 1. The Morgan fingerprint density at radius 1 is 1.12 bits per heavy atom. The highest BCUT2D eigenvalue weighted by Gasteiger charge is 2.17. The predicted molar refractivity (Wildman–Crippen MR) is 88.3 cm³/mol. The van der Waals surface area contributed by atoms with Gasteiger partial charge in [0.1, 0.15) is 5.75 Å². The summed E-state index contributed by atoms with van der Waals surface area (Å²) in [6, 6.07) is 6.58. The molecule has 0 aliphatic heterocycles. The highest BCUT2D eigenvalue weighted by molar-refractivity contribution is 5.96. The molecule has 0 aromatic heterocycles. The first-order valence-corrected chi connectivity index (χ1v) is 8.38. The lowest BCUT2D eigenvalue weighted by molar-refractivity contribution is -0.137. The summed E-state index contributed by atoms with van der Waals surface area (Å²) in [5.41, 5.74) is 0.420. The first-order chi connectivity index (χ1) is 11.5. The number of carbonyl (C=O) groups excluding carboxylic acids is 2. The first-order valence-electron chi connectivity index (χ1n) is 8.38. The maximum atomic E-state index is 12.0. The lowest BCUT2D eigenvalue weighted by Crippen LogP contribution is -2.38. The number of ether oxygens (including phenoxy) is 1. The molecule has 1 aliphatic rings. The molecule has 24 heavy (non-hydrogen) atoms. The van der Waals surface area contributed by atoms with E-state index in [9.17, 15) is 14.4 Å². The van der Waals surface area contributed by atoms with Crippen molar-refractivity contribution in [1.29, 1.82) is 0 Å². The number of rotatable bonds is 7. The van der Waals surface area contributed by atoms with E-state index in [2.05, 4.69) is 5.32 Å². The van der Waals surface area contributed by atoms with E-state index >= 15 is 0 Å². The van der Waals surface area contributed by atoms with Gasteiger partial charge in [-0.25, -0.2) is 4.79 Å². The van der Waals surface area contributed by atoms with E-state index in [1.807, 2.05) is 0 Å². The molecule has 0 bridgehead atoms. The Hall–Kier alpha value is -2.37. The van der Waals surface area contributed by atoms with Gasteiger partial charge in [-0.05, 0) is 31.4 Å². The van der Waals surface area contributed by atoms with E-state index in [-0.39, 0.29) is 24.7 Å². The molecule has 0 radical (unpaired) electrons. The molecule has 1 aromatic rings. The Balaban J connectivity index is 1.85. The number of benzene rings is 1. The molecule has 6 nitrogen and oxygen atoms in total. The number of nitrogens with one attached hydrogen (secondary N) is 1. The van der Waals surface area contributed by atoms with Gasteiger partial charge in [0.2, 0.25) is 0 Å². The van der Waals surface area contributed by atoms with Crippen LogP contribution >= 0.6 is 0 Å². The summed E-state index contributed by atoms with van der Waals surface area (Å²) in [6.07, 6.45) is 5.29. The van der Waals surface area contributed by atoms with Crippen LogP contribution in [0.3, 0.4) is 0 Å². The fraction of sp³-hybridized carbons (Fsp3) is 0.500.